The van der Waals surface area contributed by atoms with Gasteiger partial charge < -0.3 is 5.73 Å². The summed E-state index contributed by atoms with van der Waals surface area (Å²) < 4.78 is 1.62. The van der Waals surface area contributed by atoms with E-state index in [2.05, 4.69) is 57.5 Å². The van der Waals surface area contributed by atoms with Gasteiger partial charge in [-0.15, -0.1) is 0 Å². The van der Waals surface area contributed by atoms with Crippen LogP contribution in [0.2, 0.25) is 10.0 Å². The van der Waals surface area contributed by atoms with Gasteiger partial charge in [-0.25, -0.2) is 0 Å². The zero-order chi connectivity index (χ0) is 20.5. The lowest BCUT2D eigenvalue weighted by Crippen LogP contribution is -2.39. The second-order valence-electron chi connectivity index (χ2n) is 6.09. The molecule has 8 nitrogen and oxygen atoms in total. The molecule has 0 saturated carbocycles. The van der Waals surface area contributed by atoms with Crippen LogP contribution in [0.1, 0.15) is 6.92 Å². The van der Waals surface area contributed by atoms with Crippen LogP contribution < -0.4 is 5.73 Å². The van der Waals surface area contributed by atoms with Crippen LogP contribution in [0.25, 0.3) is 22.1 Å². The number of hydrogen-bond donors (Lipinski definition) is 2. The van der Waals surface area contributed by atoms with Gasteiger partial charge in [-0.05, 0) is 63.0 Å². The number of H-pyrrole nitrogens is 1. The number of nitrogens with one attached hydrogen (secondary N) is 1. The van der Waals surface area contributed by atoms with Crippen LogP contribution in [0.5, 0.6) is 0 Å². The molecule has 1 unspecified atom stereocenters. The van der Waals surface area contributed by atoms with Crippen molar-refractivity contribution in [3.63, 3.8) is 0 Å². The van der Waals surface area contributed by atoms with E-state index in [1.165, 1.54) is 4.80 Å². The normalized spacial score (nSPS) is 13.0. The van der Waals surface area contributed by atoms with Crippen molar-refractivity contribution in [3.8, 4) is 6.07 Å². The average Bonchev–Trinajstić information content (AvgIpc) is 3.21. The third-order valence-corrected chi connectivity index (χ3v) is 5.16. The van der Waals surface area contributed by atoms with E-state index in [1.807, 2.05) is 6.07 Å². The third kappa shape index (κ3) is 4.79. The van der Waals surface area contributed by atoms with E-state index in [9.17, 15) is 0 Å². The lowest BCUT2D eigenvalue weighted by atomic mass is 10.1. The van der Waals surface area contributed by atoms with Crippen LogP contribution >= 0.6 is 55.1 Å². The van der Waals surface area contributed by atoms with Gasteiger partial charge in [0.2, 0.25) is 0 Å². The topological polar surface area (TPSA) is 122 Å². The minimum Gasteiger partial charge on any atom is -0.312 e. The first-order chi connectivity index (χ1) is 13.2. The number of benzene rings is 2. The fourth-order valence-electron chi connectivity index (χ4n) is 2.27. The maximum atomic E-state index is 8.85. The summed E-state index contributed by atoms with van der Waals surface area (Å²) in [5.74, 6) is 0. The Kier molecular flexibility index (Phi) is 6.21. The number of halogens is 4. The summed E-state index contributed by atoms with van der Waals surface area (Å²) >= 11 is 18.4. The summed E-state index contributed by atoms with van der Waals surface area (Å²) in [5.41, 5.74) is 7.67. The minimum absolute atomic E-state index is 0.224. The van der Waals surface area contributed by atoms with E-state index in [4.69, 9.17) is 34.2 Å². The maximum absolute atomic E-state index is 8.85. The van der Waals surface area contributed by atoms with Crippen molar-refractivity contribution >= 4 is 77.1 Å². The highest BCUT2D eigenvalue weighted by Crippen LogP contribution is 2.26. The fourth-order valence-corrected chi connectivity index (χ4v) is 4.02. The van der Waals surface area contributed by atoms with Crippen molar-refractivity contribution in [1.82, 2.24) is 30.4 Å². The Bertz CT molecular complexity index is 1190. The van der Waals surface area contributed by atoms with Gasteiger partial charge in [0, 0.05) is 19.0 Å². The molecule has 2 aromatic heterocycles. The predicted molar refractivity (Wildman–Crippen MR) is 115 cm³/mol. The van der Waals surface area contributed by atoms with Crippen molar-refractivity contribution in [2.75, 3.05) is 0 Å². The number of aromatic amines is 1. The second-order valence-corrected chi connectivity index (χ2v) is 8.68. The van der Waals surface area contributed by atoms with Gasteiger partial charge >= 0.3 is 0 Å². The van der Waals surface area contributed by atoms with Crippen LogP contribution in [0.15, 0.2) is 33.2 Å². The molecule has 3 N–H and O–H groups in total. The first-order valence-electron chi connectivity index (χ1n) is 7.74. The van der Waals surface area contributed by atoms with Crippen molar-refractivity contribution < 1.29 is 0 Å². The predicted octanol–water partition coefficient (Wildman–Crippen LogP) is 4.46. The molecule has 0 amide bonds. The Hall–Kier alpha value is -1.77. The Morgan fingerprint density at radius 2 is 1.68 bits per heavy atom. The molecule has 28 heavy (non-hydrogen) atoms. The molecule has 0 aliphatic carbocycles. The van der Waals surface area contributed by atoms with E-state index >= 15 is 0 Å². The van der Waals surface area contributed by atoms with Crippen molar-refractivity contribution in [1.29, 1.82) is 5.26 Å². The molecular weight excluding hydrogens is 535 g/mol. The minimum atomic E-state index is -0.995. The smallest absolute Gasteiger partial charge is 0.127 e. The van der Waals surface area contributed by atoms with Crippen molar-refractivity contribution in [2.24, 2.45) is 5.73 Å². The fraction of sp³-hybridized carbons (Fsp3) is 0.188. The van der Waals surface area contributed by atoms with E-state index in [0.29, 0.717) is 21.1 Å². The van der Waals surface area contributed by atoms with Crippen LogP contribution in [0.3, 0.4) is 0 Å². The summed E-state index contributed by atoms with van der Waals surface area (Å²) in [6, 6.07) is 9.00. The van der Waals surface area contributed by atoms with Crippen LogP contribution in [0.4, 0.5) is 0 Å². The van der Waals surface area contributed by atoms with E-state index < -0.39 is 5.54 Å². The number of aromatic nitrogens is 6. The van der Waals surface area contributed by atoms with Crippen LogP contribution in [-0.2, 0) is 6.54 Å². The molecule has 144 valence electrons. The van der Waals surface area contributed by atoms with E-state index in [-0.39, 0.29) is 6.54 Å². The maximum Gasteiger partial charge on any atom is 0.127 e. The zero-order valence-electron chi connectivity index (χ0n) is 14.3. The highest BCUT2D eigenvalue weighted by Gasteiger charge is 2.20. The second kappa shape index (κ2) is 8.31. The van der Waals surface area contributed by atoms with E-state index in [1.54, 1.807) is 31.2 Å². The van der Waals surface area contributed by atoms with Gasteiger partial charge in [-0.1, -0.05) is 23.2 Å². The monoisotopic (exact) mass is 544 g/mol. The summed E-state index contributed by atoms with van der Waals surface area (Å²) in [6.45, 7) is 1.85. The highest BCUT2D eigenvalue weighted by atomic mass is 79.9. The highest BCUT2D eigenvalue weighted by molar-refractivity contribution is 9.11. The molecular formula is C16H12Br2Cl2N8. The summed E-state index contributed by atoms with van der Waals surface area (Å²) in [4.78, 5) is 1.41. The first-order valence-corrected chi connectivity index (χ1v) is 10.1. The molecule has 4 rings (SSSR count). The number of rotatable bonds is 2. The molecule has 4 aromatic rings. The van der Waals surface area contributed by atoms with Gasteiger partial charge in [-0.2, -0.15) is 35.7 Å². The Morgan fingerprint density at radius 3 is 2.32 bits per heavy atom. The van der Waals surface area contributed by atoms with Crippen molar-refractivity contribution in [2.45, 2.75) is 19.0 Å². The lowest BCUT2D eigenvalue weighted by molar-refractivity contribution is 0.423. The van der Waals surface area contributed by atoms with Crippen molar-refractivity contribution in [3.05, 3.63) is 43.3 Å². The van der Waals surface area contributed by atoms with Crippen LogP contribution in [0, 0.1) is 11.3 Å². The summed E-state index contributed by atoms with van der Waals surface area (Å²) in [6.07, 6.45) is 0. The molecule has 2 aromatic carbocycles. The lowest BCUT2D eigenvalue weighted by Gasteiger charge is -2.13. The molecule has 0 spiro atoms. The molecule has 12 heteroatoms. The standard InChI is InChI=1S/C10H9BrClN5.C6H3BrClN3/c1-10(14,4-13)5-17-15-8-3-6(12)2-7(11)9(8)16-17;7-4-1-3(8)2-5-6(4)10-11-9-5/h2-3H,5,14H2,1H3;1-2H,(H,9,10,11). The van der Waals surface area contributed by atoms with Gasteiger partial charge in [-0.3, -0.25) is 0 Å². The quantitative estimate of drug-likeness (QED) is 0.383. The average molecular weight is 547 g/mol. The SMILES string of the molecule is CC(N)(C#N)Cn1nc2cc(Cl)cc(Br)c2n1.Clc1cc(Br)c2n[nH]nc2c1. The molecule has 0 radical (unpaired) electrons. The molecule has 1 atom stereocenters. The summed E-state index contributed by atoms with van der Waals surface area (Å²) in [7, 11) is 0. The number of nitrogens with two attached hydrogens (primary N) is 1. The largest absolute Gasteiger partial charge is 0.312 e. The van der Waals surface area contributed by atoms with E-state index in [0.717, 1.165) is 20.0 Å². The first kappa shape index (κ1) is 21.0. The Balaban J connectivity index is 0.000000176. The number of nitrogens with zero attached hydrogens (tertiary/aromatic N) is 6. The number of fused-ring (bicyclic) bond motifs is 2. The molecule has 0 saturated heterocycles. The Morgan fingerprint density at radius 1 is 1.07 bits per heavy atom. The van der Waals surface area contributed by atoms with Gasteiger partial charge in [0.25, 0.3) is 0 Å². The molecule has 0 aliphatic rings. The third-order valence-electron chi connectivity index (χ3n) is 3.51. The molecule has 0 bridgehead atoms. The number of hydrogen-bond acceptors (Lipinski definition) is 6. The molecule has 2 heterocycles. The summed E-state index contributed by atoms with van der Waals surface area (Å²) in [5, 5.41) is 28.9. The van der Waals surface area contributed by atoms with Crippen LogP contribution in [-0.4, -0.2) is 35.9 Å². The Labute approximate surface area is 186 Å². The molecule has 0 aliphatic heterocycles. The van der Waals surface area contributed by atoms with Gasteiger partial charge in [0.05, 0.1) is 12.6 Å². The zero-order valence-corrected chi connectivity index (χ0v) is 19.0. The number of nitriles is 1. The van der Waals surface area contributed by atoms with Gasteiger partial charge in [0.15, 0.2) is 0 Å². The molecule has 0 fully saturated rings. The van der Waals surface area contributed by atoms with Gasteiger partial charge in [0.1, 0.15) is 27.6 Å².